The lowest BCUT2D eigenvalue weighted by Gasteiger charge is -2.34. The highest BCUT2D eigenvalue weighted by Crippen LogP contribution is 2.45. The molecule has 45 heavy (non-hydrogen) atoms. The van der Waals surface area contributed by atoms with Crippen molar-refractivity contribution in [3.63, 3.8) is 0 Å². The van der Waals surface area contributed by atoms with Crippen molar-refractivity contribution in [3.8, 4) is 5.69 Å². The smallest absolute Gasteiger partial charge is 0.418 e. The van der Waals surface area contributed by atoms with Crippen LogP contribution in [0, 0.1) is 17.3 Å². The molecule has 0 bridgehead atoms. The van der Waals surface area contributed by atoms with Gasteiger partial charge in [0, 0.05) is 24.2 Å². The third-order valence-electron chi connectivity index (χ3n) is 9.51. The Balaban J connectivity index is 1.59. The molecule has 0 aliphatic carbocycles. The number of fused-ring (bicyclic) bond motifs is 1. The molecule has 0 unspecified atom stereocenters. The number of ketones is 1. The summed E-state index contributed by atoms with van der Waals surface area (Å²) < 4.78 is 53.4. The van der Waals surface area contributed by atoms with Gasteiger partial charge in [-0.2, -0.15) is 18.3 Å². The van der Waals surface area contributed by atoms with Crippen LogP contribution in [0.5, 0.6) is 0 Å². The van der Waals surface area contributed by atoms with E-state index in [9.17, 15) is 33.0 Å². The molecule has 1 aromatic heterocycles. The van der Waals surface area contributed by atoms with E-state index < -0.39 is 59.4 Å². The van der Waals surface area contributed by atoms with E-state index in [0.29, 0.717) is 24.1 Å². The van der Waals surface area contributed by atoms with Crippen LogP contribution in [-0.2, 0) is 25.2 Å². The molecule has 2 fully saturated rings. The summed E-state index contributed by atoms with van der Waals surface area (Å²) in [4.78, 5) is 26.5. The number of nitrogens with two attached hydrogens (primary N) is 1. The number of hydrogen-bond acceptors (Lipinski definition) is 8. The van der Waals surface area contributed by atoms with Crippen molar-refractivity contribution >= 4 is 23.5 Å². The average molecular weight is 636 g/mol. The molecule has 2 aliphatic heterocycles. The molecule has 2 saturated heterocycles. The summed E-state index contributed by atoms with van der Waals surface area (Å²) in [5.41, 5.74) is 3.66. The minimum atomic E-state index is -4.62. The second-order valence-electron chi connectivity index (χ2n) is 13.4. The lowest BCUT2D eigenvalue weighted by Crippen LogP contribution is -2.45. The van der Waals surface area contributed by atoms with Gasteiger partial charge in [0.15, 0.2) is 0 Å². The minimum Gasteiger partial charge on any atom is -0.458 e. The van der Waals surface area contributed by atoms with Crippen LogP contribution in [0.3, 0.4) is 0 Å². The SMILES string of the molecule is C/C(=C\c1ccn(-c2ccc(N)c(C(F)(F)F)c2)n1)[C@@H]1C[C@@H]2O[C@]2(C)CCC[C@H](C)[C@H](O)[C@@H](C)C(=O)C(C)(C)[C@@H](O)CC(=O)O1. The zero-order valence-electron chi connectivity index (χ0n) is 26.6. The number of nitrogen functional groups attached to an aromatic ring is 1. The maximum absolute atomic E-state index is 13.4. The summed E-state index contributed by atoms with van der Waals surface area (Å²) in [5.74, 6) is -1.93. The first-order valence-corrected chi connectivity index (χ1v) is 15.3. The van der Waals surface area contributed by atoms with Crippen molar-refractivity contribution in [1.29, 1.82) is 0 Å². The van der Waals surface area contributed by atoms with Crippen LogP contribution in [0.15, 0.2) is 36.0 Å². The fourth-order valence-corrected chi connectivity index (χ4v) is 6.11. The highest BCUT2D eigenvalue weighted by atomic mass is 19.4. The highest BCUT2D eigenvalue weighted by molar-refractivity contribution is 5.88. The van der Waals surface area contributed by atoms with Gasteiger partial charge >= 0.3 is 12.1 Å². The normalized spacial score (nSPS) is 32.1. The number of aromatic nitrogens is 2. The maximum Gasteiger partial charge on any atom is 0.418 e. The topological polar surface area (TPSA) is 140 Å². The van der Waals surface area contributed by atoms with Gasteiger partial charge in [0.25, 0.3) is 0 Å². The van der Waals surface area contributed by atoms with E-state index in [1.54, 1.807) is 39.8 Å². The molecule has 2 aliphatic rings. The van der Waals surface area contributed by atoms with E-state index in [2.05, 4.69) is 5.10 Å². The molecule has 248 valence electrons. The number of nitrogens with zero attached hydrogens (tertiary/aromatic N) is 2. The molecule has 3 heterocycles. The monoisotopic (exact) mass is 635 g/mol. The third-order valence-corrected chi connectivity index (χ3v) is 9.51. The van der Waals surface area contributed by atoms with Crippen LogP contribution in [-0.4, -0.2) is 61.8 Å². The van der Waals surface area contributed by atoms with Crippen LogP contribution >= 0.6 is 0 Å². The summed E-state index contributed by atoms with van der Waals surface area (Å²) in [7, 11) is 0. The molecule has 9 nitrogen and oxygen atoms in total. The average Bonchev–Trinajstić information content (AvgIpc) is 3.34. The molecule has 0 radical (unpaired) electrons. The number of cyclic esters (lactones) is 1. The fraction of sp³-hybridized carbons (Fsp3) is 0.606. The number of aliphatic hydroxyl groups is 2. The van der Waals surface area contributed by atoms with Crippen LogP contribution in [0.1, 0.15) is 84.9 Å². The summed E-state index contributed by atoms with van der Waals surface area (Å²) in [6.45, 7) is 10.4. The Morgan fingerprint density at radius 1 is 1.16 bits per heavy atom. The number of ether oxygens (including phenoxy) is 2. The Hall–Kier alpha value is -3.22. The van der Waals surface area contributed by atoms with Gasteiger partial charge in [-0.3, -0.25) is 9.59 Å². The number of aliphatic hydroxyl groups excluding tert-OH is 2. The van der Waals surface area contributed by atoms with Gasteiger partial charge in [0.1, 0.15) is 11.9 Å². The van der Waals surface area contributed by atoms with Gasteiger partial charge < -0.3 is 25.4 Å². The number of benzene rings is 1. The number of Topliss-reactive ketones (excluding diaryl/α,β-unsaturated/α-hetero) is 1. The lowest BCUT2D eigenvalue weighted by atomic mass is 9.73. The maximum atomic E-state index is 13.4. The largest absolute Gasteiger partial charge is 0.458 e. The first-order chi connectivity index (χ1) is 20.8. The van der Waals surface area contributed by atoms with Gasteiger partial charge in [-0.1, -0.05) is 34.1 Å². The number of epoxide rings is 1. The minimum absolute atomic E-state index is 0.151. The fourth-order valence-electron chi connectivity index (χ4n) is 6.11. The second-order valence-corrected chi connectivity index (χ2v) is 13.4. The predicted octanol–water partition coefficient (Wildman–Crippen LogP) is 5.50. The molecule has 0 amide bonds. The number of esters is 1. The quantitative estimate of drug-likeness (QED) is 0.228. The first kappa shape index (κ1) is 34.6. The summed E-state index contributed by atoms with van der Waals surface area (Å²) in [5, 5.41) is 26.3. The Morgan fingerprint density at radius 2 is 1.84 bits per heavy atom. The predicted molar refractivity (Wildman–Crippen MR) is 162 cm³/mol. The Kier molecular flexibility index (Phi) is 9.92. The molecule has 7 atom stereocenters. The molecular formula is C33H44F3N3O6. The lowest BCUT2D eigenvalue weighted by molar-refractivity contribution is -0.154. The van der Waals surface area contributed by atoms with Crippen LogP contribution in [0.25, 0.3) is 11.8 Å². The third kappa shape index (κ3) is 7.78. The van der Waals surface area contributed by atoms with Crippen LogP contribution in [0.4, 0.5) is 18.9 Å². The van der Waals surface area contributed by atoms with Crippen molar-refractivity contribution in [2.24, 2.45) is 17.3 Å². The molecule has 0 spiro atoms. The van der Waals surface area contributed by atoms with Gasteiger partial charge in [-0.05, 0) is 68.5 Å². The van der Waals surface area contributed by atoms with E-state index in [1.165, 1.54) is 23.0 Å². The zero-order chi connectivity index (χ0) is 33.5. The van der Waals surface area contributed by atoms with E-state index in [1.807, 2.05) is 13.8 Å². The number of carbonyl (C=O) groups is 2. The van der Waals surface area contributed by atoms with E-state index >= 15 is 0 Å². The summed E-state index contributed by atoms with van der Waals surface area (Å²) in [6.07, 6.45) is -2.54. The molecule has 1 aromatic carbocycles. The van der Waals surface area contributed by atoms with Gasteiger partial charge in [-0.25, -0.2) is 4.68 Å². The van der Waals surface area contributed by atoms with Crippen LogP contribution < -0.4 is 5.73 Å². The molecule has 4 rings (SSSR count). The molecule has 0 saturated carbocycles. The van der Waals surface area contributed by atoms with E-state index in [0.717, 1.165) is 18.9 Å². The molecule has 4 N–H and O–H groups in total. The standard InChI is InChI=1S/C33H44F3N3O6/c1-18-8-7-12-32(6)27(45-32)16-25(44-28(41)17-26(40)31(4,5)30(43)20(3)29(18)42)19(2)14-21-11-13-39(38-21)22-9-10-24(37)23(15-22)33(34,35)36/h9-11,13-15,18,20,25-27,29,40,42H,7-8,12,16-17,37H2,1-6H3/b19-14+/t18-,20+,25-,26-,27-,29-,32+/m0/s1. The number of halogens is 3. The van der Waals surface area contributed by atoms with Crippen molar-refractivity contribution in [1.82, 2.24) is 9.78 Å². The van der Waals surface area contributed by atoms with Crippen molar-refractivity contribution < 1.29 is 42.4 Å². The van der Waals surface area contributed by atoms with Gasteiger partial charge in [-0.15, -0.1) is 0 Å². The number of rotatable bonds is 3. The highest BCUT2D eigenvalue weighted by Gasteiger charge is 2.53. The van der Waals surface area contributed by atoms with Crippen molar-refractivity contribution in [2.75, 3.05) is 5.73 Å². The van der Waals surface area contributed by atoms with E-state index in [4.69, 9.17) is 15.2 Å². The van der Waals surface area contributed by atoms with Crippen LogP contribution in [0.2, 0.25) is 0 Å². The Bertz CT molecular complexity index is 1440. The number of carbonyl (C=O) groups excluding carboxylic acids is 2. The van der Waals surface area contributed by atoms with E-state index in [-0.39, 0.29) is 29.2 Å². The Labute approximate surface area is 261 Å². The number of anilines is 1. The molecule has 12 heteroatoms. The molecule has 2 aromatic rings. The van der Waals surface area contributed by atoms with Gasteiger partial charge in [0.05, 0.1) is 52.7 Å². The van der Waals surface area contributed by atoms with Gasteiger partial charge in [0.2, 0.25) is 0 Å². The number of hydrogen-bond donors (Lipinski definition) is 3. The first-order valence-electron chi connectivity index (χ1n) is 15.3. The van der Waals surface area contributed by atoms with Crippen molar-refractivity contribution in [2.45, 2.75) is 110 Å². The Morgan fingerprint density at radius 3 is 2.51 bits per heavy atom. The van der Waals surface area contributed by atoms with Crippen molar-refractivity contribution in [3.05, 3.63) is 47.3 Å². The summed E-state index contributed by atoms with van der Waals surface area (Å²) >= 11 is 0. The zero-order valence-corrected chi connectivity index (χ0v) is 26.6. The summed E-state index contributed by atoms with van der Waals surface area (Å²) in [6, 6.07) is 5.17. The molecular weight excluding hydrogens is 591 g/mol. The second kappa shape index (κ2) is 12.9. The number of alkyl halides is 3.